The summed E-state index contributed by atoms with van der Waals surface area (Å²) in [5, 5.41) is 10.1. The molecule has 2 aliphatic carbocycles. The van der Waals surface area contributed by atoms with Crippen molar-refractivity contribution in [1.82, 2.24) is 0 Å². The maximum atomic E-state index is 9.04. The summed E-state index contributed by atoms with van der Waals surface area (Å²) < 4.78 is 5.11. The first kappa shape index (κ1) is 5.24. The number of allylic oxidation sites excluding steroid dienone is 2. The highest BCUT2D eigenvalue weighted by Crippen LogP contribution is 2.25. The van der Waals surface area contributed by atoms with E-state index in [1.54, 1.807) is 6.07 Å². The van der Waals surface area contributed by atoms with Crippen LogP contribution in [0, 0.1) is 0 Å². The lowest BCUT2D eigenvalue weighted by molar-refractivity contribution is 0.321. The van der Waals surface area contributed by atoms with Gasteiger partial charge in [-0.25, -0.2) is 0 Å². The van der Waals surface area contributed by atoms with Crippen LogP contribution in [0.1, 0.15) is 6.42 Å². The van der Waals surface area contributed by atoms with Crippen molar-refractivity contribution in [3.8, 4) is 5.95 Å². The molecule has 1 aromatic heterocycles. The largest absolute Gasteiger partial charge is 0.481 e. The molecular weight excluding hydrogens is 140 g/mol. The van der Waals surface area contributed by atoms with Crippen molar-refractivity contribution < 1.29 is 9.52 Å². The molecule has 1 N–H and O–H groups in total. The van der Waals surface area contributed by atoms with Crippen molar-refractivity contribution in [1.29, 1.82) is 0 Å². The van der Waals surface area contributed by atoms with E-state index < -0.39 is 0 Å². The smallest absolute Gasteiger partial charge is 0.282 e. The van der Waals surface area contributed by atoms with Gasteiger partial charge in [-0.3, -0.25) is 0 Å². The van der Waals surface area contributed by atoms with E-state index in [9.17, 15) is 0 Å². The lowest BCUT2D eigenvalue weighted by Gasteiger charge is -1.82. The van der Waals surface area contributed by atoms with Crippen LogP contribution in [0.3, 0.4) is 0 Å². The van der Waals surface area contributed by atoms with E-state index >= 15 is 0 Å². The number of aromatic hydroxyl groups is 1. The van der Waals surface area contributed by atoms with Gasteiger partial charge < -0.3 is 9.52 Å². The van der Waals surface area contributed by atoms with E-state index in [-0.39, 0.29) is 5.95 Å². The summed E-state index contributed by atoms with van der Waals surface area (Å²) in [5.41, 5.74) is 3.31. The topological polar surface area (TPSA) is 33.4 Å². The van der Waals surface area contributed by atoms with Crippen LogP contribution in [-0.2, 0) is 0 Å². The minimum atomic E-state index is 0.0217. The molecule has 0 aromatic carbocycles. The third kappa shape index (κ3) is 0.485. The molecule has 3 rings (SSSR count). The molecule has 54 valence electrons. The molecule has 0 spiro atoms. The molecule has 0 fully saturated rings. The second-order valence-electron chi connectivity index (χ2n) is 2.89. The first-order chi connectivity index (χ1) is 5.34. The number of hydrogen-bond donors (Lipinski definition) is 1. The number of rotatable bonds is 0. The van der Waals surface area contributed by atoms with Crippen LogP contribution in [0.4, 0.5) is 0 Å². The Kier molecular flexibility index (Phi) is 0.677. The van der Waals surface area contributed by atoms with Gasteiger partial charge in [-0.15, -0.1) is 0 Å². The molecule has 1 aromatic rings. The van der Waals surface area contributed by atoms with E-state index in [1.807, 2.05) is 6.08 Å². The van der Waals surface area contributed by atoms with Gasteiger partial charge in [-0.1, -0.05) is 12.2 Å². The first-order valence-corrected chi connectivity index (χ1v) is 3.58. The van der Waals surface area contributed by atoms with Crippen molar-refractivity contribution in [3.05, 3.63) is 28.9 Å². The average Bonchev–Trinajstić information content (AvgIpc) is 2.53. The summed E-state index contributed by atoms with van der Waals surface area (Å²) in [4.78, 5) is 0. The maximum absolute atomic E-state index is 9.04. The highest BCUT2D eigenvalue weighted by molar-refractivity contribution is 5.84. The van der Waals surface area contributed by atoms with E-state index in [4.69, 9.17) is 9.52 Å². The van der Waals surface area contributed by atoms with Gasteiger partial charge in [0, 0.05) is 17.7 Å². The van der Waals surface area contributed by atoms with Gasteiger partial charge in [0.05, 0.1) is 0 Å². The Labute approximate surface area is 62.8 Å². The second-order valence-corrected chi connectivity index (χ2v) is 2.89. The van der Waals surface area contributed by atoms with Crippen LogP contribution < -0.4 is 10.6 Å². The zero-order chi connectivity index (χ0) is 7.42. The van der Waals surface area contributed by atoms with Gasteiger partial charge in [0.1, 0.15) is 5.42 Å². The van der Waals surface area contributed by atoms with Crippen molar-refractivity contribution in [2.45, 2.75) is 6.42 Å². The minimum Gasteiger partial charge on any atom is -0.481 e. The molecule has 2 heteroatoms. The summed E-state index contributed by atoms with van der Waals surface area (Å²) in [5.74, 6) is 0.0217. The lowest BCUT2D eigenvalue weighted by atomic mass is 10.2. The van der Waals surface area contributed by atoms with Crippen LogP contribution in [0.2, 0.25) is 0 Å². The van der Waals surface area contributed by atoms with Gasteiger partial charge in [-0.2, -0.15) is 0 Å². The molecule has 0 radical (unpaired) electrons. The lowest BCUT2D eigenvalue weighted by Crippen LogP contribution is -2.19. The Morgan fingerprint density at radius 1 is 1.27 bits per heavy atom. The normalized spacial score (nSPS) is 18.2. The highest BCUT2D eigenvalue weighted by Gasteiger charge is 2.18. The predicted octanol–water partition coefficient (Wildman–Crippen LogP) is 0.260. The Bertz CT molecular complexity index is 433. The monoisotopic (exact) mass is 146 g/mol. The first-order valence-electron chi connectivity index (χ1n) is 3.58. The quantitative estimate of drug-likeness (QED) is 0.569. The molecule has 0 amide bonds. The third-order valence-corrected chi connectivity index (χ3v) is 2.22. The second kappa shape index (κ2) is 1.42. The predicted molar refractivity (Wildman–Crippen MR) is 40.2 cm³/mol. The summed E-state index contributed by atoms with van der Waals surface area (Å²) in [7, 11) is 0. The molecular formula is C9H6O2. The van der Waals surface area contributed by atoms with Crippen molar-refractivity contribution >= 4 is 11.1 Å². The average molecular weight is 146 g/mol. The number of furan rings is 1. The van der Waals surface area contributed by atoms with Crippen LogP contribution in [0.15, 0.2) is 22.6 Å². The SMILES string of the molecule is Oc1cc2c(o1)=C1C=CC=2C1. The van der Waals surface area contributed by atoms with Gasteiger partial charge in [-0.05, 0) is 11.1 Å². The van der Waals surface area contributed by atoms with Gasteiger partial charge in [0.25, 0.3) is 5.95 Å². The molecule has 0 unspecified atom stereocenters. The zero-order valence-electron chi connectivity index (χ0n) is 5.79. The molecule has 1 heterocycles. The molecule has 0 saturated heterocycles. The van der Waals surface area contributed by atoms with E-state index in [0.29, 0.717) is 0 Å². The van der Waals surface area contributed by atoms with Crippen LogP contribution in [0.25, 0.3) is 11.1 Å². The Hall–Kier alpha value is -1.44. The highest BCUT2D eigenvalue weighted by atomic mass is 16.5. The van der Waals surface area contributed by atoms with Crippen molar-refractivity contribution in [2.24, 2.45) is 0 Å². The summed E-state index contributed by atoms with van der Waals surface area (Å²) in [6.45, 7) is 0. The zero-order valence-corrected chi connectivity index (χ0v) is 5.79. The molecule has 0 saturated carbocycles. The van der Waals surface area contributed by atoms with Crippen molar-refractivity contribution in [3.63, 3.8) is 0 Å². The fraction of sp³-hybridized carbons (Fsp3) is 0.111. The molecule has 0 aliphatic heterocycles. The third-order valence-electron chi connectivity index (χ3n) is 2.22. The molecule has 2 nitrogen and oxygen atoms in total. The van der Waals surface area contributed by atoms with Crippen LogP contribution >= 0.6 is 0 Å². The fourth-order valence-electron chi connectivity index (χ4n) is 1.72. The standard InChI is InChI=1S/C9H6O2/c10-8-4-7-5-1-2-6(3-5)9(7)11-8/h1-2,4,10H,3H2. The number of hydrogen-bond acceptors (Lipinski definition) is 2. The van der Waals surface area contributed by atoms with Gasteiger partial charge in [0.2, 0.25) is 0 Å². The van der Waals surface area contributed by atoms with E-state index in [1.165, 1.54) is 11.1 Å². The number of fused-ring (bicyclic) bond motifs is 3. The van der Waals surface area contributed by atoms with Crippen LogP contribution in [0.5, 0.6) is 5.95 Å². The minimum absolute atomic E-state index is 0.0217. The summed E-state index contributed by atoms with van der Waals surface area (Å²) >= 11 is 0. The van der Waals surface area contributed by atoms with E-state index in [2.05, 4.69) is 6.08 Å². The summed E-state index contributed by atoms with van der Waals surface area (Å²) in [6, 6.07) is 1.68. The molecule has 11 heavy (non-hydrogen) atoms. The Morgan fingerprint density at radius 2 is 2.09 bits per heavy atom. The van der Waals surface area contributed by atoms with Crippen molar-refractivity contribution in [2.75, 3.05) is 0 Å². The summed E-state index contributed by atoms with van der Waals surface area (Å²) in [6.07, 6.45) is 5.10. The fourth-order valence-corrected chi connectivity index (χ4v) is 1.72. The molecule has 2 aliphatic rings. The van der Waals surface area contributed by atoms with Crippen LogP contribution in [-0.4, -0.2) is 5.11 Å². The van der Waals surface area contributed by atoms with E-state index in [0.717, 1.165) is 17.1 Å². The van der Waals surface area contributed by atoms with Gasteiger partial charge in [0.15, 0.2) is 0 Å². The van der Waals surface area contributed by atoms with Gasteiger partial charge >= 0.3 is 0 Å². The maximum Gasteiger partial charge on any atom is 0.282 e. The molecule has 0 atom stereocenters. The Morgan fingerprint density at radius 3 is 2.91 bits per heavy atom. The Balaban J connectivity index is 2.65. The molecule has 2 bridgehead atoms.